The number of aliphatic imine (C=N–C) groups is 1. The lowest BCUT2D eigenvalue weighted by atomic mass is 9.91. The summed E-state index contributed by atoms with van der Waals surface area (Å²) in [5.74, 6) is -1.66. The third kappa shape index (κ3) is 4.19. The van der Waals surface area contributed by atoms with Crippen LogP contribution in [0.4, 0.5) is 18.9 Å². The number of aromatic nitrogens is 2. The van der Waals surface area contributed by atoms with Crippen LogP contribution in [0, 0.1) is 5.82 Å². The van der Waals surface area contributed by atoms with Crippen LogP contribution in [-0.2, 0) is 10.3 Å². The van der Waals surface area contributed by atoms with Crippen molar-refractivity contribution in [1.82, 2.24) is 9.97 Å². The molecule has 1 aliphatic rings. The first-order chi connectivity index (χ1) is 13.3. The van der Waals surface area contributed by atoms with Crippen LogP contribution < -0.4 is 15.8 Å². The smallest absolute Gasteiger partial charge is 0.388 e. The zero-order valence-corrected chi connectivity index (χ0v) is 14.4. The standard InChI is InChI=1S/C17H14F3N5O3/c1-17(4-5-27-16(21)25-17)10-6-9(2-3-11(10)18)24-14(26)12-7-23-13(8-22-12)28-15(19)20/h2-8,15H,1H3,(H2,21,25)(H,24,26)/t17-/m0/s1. The molecule has 8 nitrogen and oxygen atoms in total. The number of nitrogens with one attached hydrogen (secondary N) is 1. The Hall–Kier alpha value is -3.63. The molecule has 0 spiro atoms. The fraction of sp³-hybridized carbons (Fsp3) is 0.176. The summed E-state index contributed by atoms with van der Waals surface area (Å²) >= 11 is 0. The summed E-state index contributed by atoms with van der Waals surface area (Å²) in [4.78, 5) is 23.6. The number of ether oxygens (including phenoxy) is 2. The molecule has 0 fully saturated rings. The van der Waals surface area contributed by atoms with Crippen LogP contribution in [0.3, 0.4) is 0 Å². The average Bonchev–Trinajstić information content (AvgIpc) is 2.63. The number of rotatable bonds is 5. The van der Waals surface area contributed by atoms with E-state index in [4.69, 9.17) is 10.5 Å². The predicted molar refractivity (Wildman–Crippen MR) is 92.2 cm³/mol. The molecular formula is C17H14F3N5O3. The molecule has 28 heavy (non-hydrogen) atoms. The van der Waals surface area contributed by atoms with Crippen LogP contribution in [0.1, 0.15) is 23.0 Å². The highest BCUT2D eigenvalue weighted by molar-refractivity contribution is 6.02. The molecule has 1 aromatic heterocycles. The molecule has 11 heteroatoms. The largest absolute Gasteiger partial charge is 0.434 e. The molecule has 2 aromatic rings. The van der Waals surface area contributed by atoms with Crippen LogP contribution in [0.2, 0.25) is 0 Å². The van der Waals surface area contributed by atoms with Gasteiger partial charge in [-0.1, -0.05) is 0 Å². The molecule has 2 heterocycles. The van der Waals surface area contributed by atoms with E-state index in [-0.39, 0.29) is 23.0 Å². The van der Waals surface area contributed by atoms with Crippen molar-refractivity contribution < 1.29 is 27.4 Å². The molecule has 3 N–H and O–H groups in total. The molecule has 1 aliphatic heterocycles. The number of benzene rings is 1. The van der Waals surface area contributed by atoms with Crippen LogP contribution in [0.5, 0.6) is 5.88 Å². The van der Waals surface area contributed by atoms with E-state index in [1.54, 1.807) is 6.92 Å². The van der Waals surface area contributed by atoms with Gasteiger partial charge in [-0.15, -0.1) is 0 Å². The van der Waals surface area contributed by atoms with E-state index >= 15 is 0 Å². The van der Waals surface area contributed by atoms with Gasteiger partial charge in [-0.05, 0) is 31.2 Å². The minimum atomic E-state index is -3.05. The molecule has 3 rings (SSSR count). The van der Waals surface area contributed by atoms with E-state index in [0.29, 0.717) is 0 Å². The highest BCUT2D eigenvalue weighted by Gasteiger charge is 2.30. The number of hydrogen-bond acceptors (Lipinski definition) is 7. The molecule has 0 radical (unpaired) electrons. The summed E-state index contributed by atoms with van der Waals surface area (Å²) in [6, 6.07) is 3.77. The summed E-state index contributed by atoms with van der Waals surface area (Å²) in [6.07, 6.45) is 4.68. The first-order valence-electron chi connectivity index (χ1n) is 7.85. The number of amidine groups is 1. The lowest BCUT2D eigenvalue weighted by molar-refractivity contribution is -0.0531. The molecule has 1 aromatic carbocycles. The molecular weight excluding hydrogens is 379 g/mol. The minimum Gasteiger partial charge on any atom is -0.434 e. The van der Waals surface area contributed by atoms with Gasteiger partial charge in [-0.25, -0.2) is 19.4 Å². The van der Waals surface area contributed by atoms with Crippen molar-refractivity contribution in [3.8, 4) is 5.88 Å². The maximum absolute atomic E-state index is 14.3. The number of anilines is 1. The Morgan fingerprint density at radius 3 is 2.75 bits per heavy atom. The summed E-state index contributed by atoms with van der Waals surface area (Å²) in [5, 5.41) is 2.52. The van der Waals surface area contributed by atoms with E-state index in [0.717, 1.165) is 18.5 Å². The zero-order valence-electron chi connectivity index (χ0n) is 14.4. The van der Waals surface area contributed by atoms with Crippen molar-refractivity contribution >= 4 is 17.6 Å². The maximum atomic E-state index is 14.3. The van der Waals surface area contributed by atoms with Gasteiger partial charge in [0.05, 0.1) is 18.7 Å². The predicted octanol–water partition coefficient (Wildman–Crippen LogP) is 2.54. The fourth-order valence-electron chi connectivity index (χ4n) is 2.45. The molecule has 0 saturated heterocycles. The number of nitrogens with two attached hydrogens (primary N) is 1. The van der Waals surface area contributed by atoms with Crippen molar-refractivity contribution in [3.63, 3.8) is 0 Å². The van der Waals surface area contributed by atoms with Crippen LogP contribution in [-0.4, -0.2) is 28.5 Å². The minimum absolute atomic E-state index is 0.125. The third-order valence-electron chi connectivity index (χ3n) is 3.76. The number of alkyl halides is 2. The highest BCUT2D eigenvalue weighted by Crippen LogP contribution is 2.33. The quantitative estimate of drug-likeness (QED) is 0.808. The SMILES string of the molecule is C[C@@]1(c2cc(NC(=O)c3cnc(OC(F)F)cn3)ccc2F)C=COC(N)=N1. The van der Waals surface area contributed by atoms with Gasteiger partial charge in [-0.2, -0.15) is 8.78 Å². The van der Waals surface area contributed by atoms with E-state index in [9.17, 15) is 18.0 Å². The van der Waals surface area contributed by atoms with Gasteiger partial charge in [0.15, 0.2) is 0 Å². The lowest BCUT2D eigenvalue weighted by Gasteiger charge is -2.25. The van der Waals surface area contributed by atoms with E-state index < -0.39 is 29.8 Å². The first-order valence-corrected chi connectivity index (χ1v) is 7.85. The number of nitrogens with zero attached hydrogens (tertiary/aromatic N) is 3. The van der Waals surface area contributed by atoms with Gasteiger partial charge in [0.2, 0.25) is 5.88 Å². The Kier molecular flexibility index (Phi) is 5.16. The van der Waals surface area contributed by atoms with Gasteiger partial charge < -0.3 is 20.5 Å². The van der Waals surface area contributed by atoms with E-state index in [1.807, 2.05) is 0 Å². The number of hydrogen-bond donors (Lipinski definition) is 2. The Labute approximate surface area is 156 Å². The number of carbonyl (C=O) groups excluding carboxylic acids is 1. The molecule has 0 aliphatic carbocycles. The Morgan fingerprint density at radius 1 is 1.32 bits per heavy atom. The van der Waals surface area contributed by atoms with E-state index in [1.165, 1.54) is 24.5 Å². The van der Waals surface area contributed by atoms with Crippen molar-refractivity contribution in [2.45, 2.75) is 19.1 Å². The van der Waals surface area contributed by atoms with E-state index in [2.05, 4.69) is 25.0 Å². The highest BCUT2D eigenvalue weighted by atomic mass is 19.3. The van der Waals surface area contributed by atoms with Crippen molar-refractivity contribution in [1.29, 1.82) is 0 Å². The van der Waals surface area contributed by atoms with Gasteiger partial charge in [-0.3, -0.25) is 4.79 Å². The van der Waals surface area contributed by atoms with Gasteiger partial charge in [0.1, 0.15) is 17.1 Å². The summed E-state index contributed by atoms with van der Waals surface area (Å²) < 4.78 is 47.5. The summed E-state index contributed by atoms with van der Waals surface area (Å²) in [7, 11) is 0. The molecule has 146 valence electrons. The Morgan fingerprint density at radius 2 is 2.11 bits per heavy atom. The van der Waals surface area contributed by atoms with Crippen LogP contribution in [0.25, 0.3) is 0 Å². The third-order valence-corrected chi connectivity index (χ3v) is 3.76. The summed E-state index contributed by atoms with van der Waals surface area (Å²) in [5.41, 5.74) is 4.68. The number of carbonyl (C=O) groups is 1. The van der Waals surface area contributed by atoms with Gasteiger partial charge in [0.25, 0.3) is 11.9 Å². The second kappa shape index (κ2) is 7.55. The second-order valence-electron chi connectivity index (χ2n) is 5.79. The lowest BCUT2D eigenvalue weighted by Crippen LogP contribution is -2.28. The van der Waals surface area contributed by atoms with Gasteiger partial charge >= 0.3 is 6.61 Å². The fourth-order valence-corrected chi connectivity index (χ4v) is 2.45. The van der Waals surface area contributed by atoms with Crippen molar-refractivity contribution in [2.24, 2.45) is 10.7 Å². The molecule has 1 atom stereocenters. The number of halogens is 3. The molecule has 0 bridgehead atoms. The average molecular weight is 393 g/mol. The van der Waals surface area contributed by atoms with Gasteiger partial charge in [0, 0.05) is 11.3 Å². The Bertz CT molecular complexity index is 950. The second-order valence-corrected chi connectivity index (χ2v) is 5.79. The van der Waals surface area contributed by atoms with Crippen LogP contribution in [0.15, 0.2) is 47.9 Å². The molecule has 1 amide bonds. The van der Waals surface area contributed by atoms with Crippen molar-refractivity contribution in [3.05, 3.63) is 60.0 Å². The monoisotopic (exact) mass is 393 g/mol. The maximum Gasteiger partial charge on any atom is 0.388 e. The first kappa shape index (κ1) is 19.1. The van der Waals surface area contributed by atoms with Crippen molar-refractivity contribution in [2.75, 3.05) is 5.32 Å². The topological polar surface area (TPSA) is 112 Å². The molecule has 0 unspecified atom stereocenters. The summed E-state index contributed by atoms with van der Waals surface area (Å²) in [6.45, 7) is -1.43. The number of amides is 1. The zero-order chi connectivity index (χ0) is 20.3. The van der Waals surface area contributed by atoms with Crippen LogP contribution >= 0.6 is 0 Å². The Balaban J connectivity index is 1.80. The molecule has 0 saturated carbocycles. The normalized spacial score (nSPS) is 18.4.